The monoisotopic (exact) mass is 554 g/mol. The molecule has 1 heterocycles. The molecule has 40 heavy (non-hydrogen) atoms. The molecule has 0 aliphatic heterocycles. The van der Waals surface area contributed by atoms with Crippen LogP contribution in [0.2, 0.25) is 0 Å². The van der Waals surface area contributed by atoms with Crippen LogP contribution in [0.15, 0.2) is 89.6 Å². The van der Waals surface area contributed by atoms with Gasteiger partial charge in [-0.05, 0) is 76.2 Å². The molecule has 3 amide bonds. The second kappa shape index (κ2) is 12.5. The maximum absolute atomic E-state index is 13.0. The molecule has 3 aromatic carbocycles. The summed E-state index contributed by atoms with van der Waals surface area (Å²) in [5.74, 6) is -0.562. The molecule has 1 saturated carbocycles. The Kier molecular flexibility index (Phi) is 8.41. The highest BCUT2D eigenvalue weighted by atomic mass is 32.1. The number of nitrogen functional groups attached to an aromatic ring is 1. The molecule has 5 N–H and O–H groups in total. The van der Waals surface area contributed by atoms with Crippen LogP contribution >= 0.6 is 11.3 Å². The summed E-state index contributed by atoms with van der Waals surface area (Å²) in [7, 11) is 0. The van der Waals surface area contributed by atoms with Crippen LogP contribution in [-0.2, 0) is 22.6 Å². The summed E-state index contributed by atoms with van der Waals surface area (Å²) in [4.78, 5) is 38.3. The zero-order chi connectivity index (χ0) is 27.9. The highest BCUT2D eigenvalue weighted by Crippen LogP contribution is 2.29. The van der Waals surface area contributed by atoms with Gasteiger partial charge in [0.1, 0.15) is 12.6 Å². The van der Waals surface area contributed by atoms with Gasteiger partial charge in [0.05, 0.1) is 11.4 Å². The fourth-order valence-electron chi connectivity index (χ4n) is 4.14. The molecule has 4 aromatic rings. The molecular formula is C31H30N4O4S. The molecule has 0 bridgehead atoms. The molecule has 9 heteroatoms. The molecule has 0 unspecified atom stereocenters. The van der Waals surface area contributed by atoms with Gasteiger partial charge >= 0.3 is 6.09 Å². The van der Waals surface area contributed by atoms with Gasteiger partial charge in [-0.2, -0.15) is 11.3 Å². The fraction of sp³-hybridized carbons (Fsp3) is 0.194. The van der Waals surface area contributed by atoms with Crippen LogP contribution < -0.4 is 21.7 Å². The quantitative estimate of drug-likeness (QED) is 0.197. The Morgan fingerprint density at radius 1 is 0.925 bits per heavy atom. The number of benzene rings is 3. The summed E-state index contributed by atoms with van der Waals surface area (Å²) in [6, 6.07) is 23.1. The van der Waals surface area contributed by atoms with E-state index in [-0.39, 0.29) is 30.9 Å². The van der Waals surface area contributed by atoms with E-state index in [0.717, 1.165) is 35.1 Å². The van der Waals surface area contributed by atoms with Gasteiger partial charge < -0.3 is 26.4 Å². The molecule has 0 saturated heterocycles. The number of thiophene rings is 1. The molecular weight excluding hydrogens is 524 g/mol. The fourth-order valence-corrected chi connectivity index (χ4v) is 4.81. The highest BCUT2D eigenvalue weighted by molar-refractivity contribution is 7.08. The van der Waals surface area contributed by atoms with E-state index in [1.807, 2.05) is 59.3 Å². The number of rotatable bonds is 10. The van der Waals surface area contributed by atoms with E-state index in [2.05, 4.69) is 16.0 Å². The average Bonchev–Trinajstić information content (AvgIpc) is 3.61. The number of hydrogen-bond donors (Lipinski definition) is 4. The lowest BCUT2D eigenvalue weighted by Crippen LogP contribution is -2.48. The number of carbonyl (C=O) groups excluding carboxylic acids is 3. The Balaban J connectivity index is 1.22. The second-order valence-corrected chi connectivity index (χ2v) is 10.5. The van der Waals surface area contributed by atoms with Crippen LogP contribution in [0.25, 0.3) is 11.1 Å². The Labute approximate surface area is 236 Å². The number of carbonyl (C=O) groups is 3. The summed E-state index contributed by atoms with van der Waals surface area (Å²) >= 11 is 1.60. The van der Waals surface area contributed by atoms with Crippen LogP contribution in [-0.4, -0.2) is 30.0 Å². The maximum Gasteiger partial charge on any atom is 0.408 e. The topological polar surface area (TPSA) is 123 Å². The predicted octanol–water partition coefficient (Wildman–Crippen LogP) is 5.37. The molecule has 0 spiro atoms. The number of ether oxygens (including phenoxy) is 1. The van der Waals surface area contributed by atoms with Crippen LogP contribution in [0.5, 0.6) is 0 Å². The number of anilines is 2. The third kappa shape index (κ3) is 7.27. The number of nitrogens with two attached hydrogens (primary N) is 1. The number of hydrogen-bond acceptors (Lipinski definition) is 6. The normalized spacial score (nSPS) is 13.2. The molecule has 204 valence electrons. The first kappa shape index (κ1) is 27.0. The average molecular weight is 555 g/mol. The van der Waals surface area contributed by atoms with Gasteiger partial charge in [-0.25, -0.2) is 4.79 Å². The smallest absolute Gasteiger partial charge is 0.408 e. The lowest BCUT2D eigenvalue weighted by atomic mass is 10.0. The molecule has 5 rings (SSSR count). The van der Waals surface area contributed by atoms with E-state index >= 15 is 0 Å². The zero-order valence-electron chi connectivity index (χ0n) is 21.8. The van der Waals surface area contributed by atoms with Crippen LogP contribution in [0, 0.1) is 0 Å². The Bertz CT molecular complexity index is 1470. The minimum Gasteiger partial charge on any atom is -0.445 e. The second-order valence-electron chi connectivity index (χ2n) is 9.71. The SMILES string of the molecule is Nc1ccc(-c2ccsc2)cc1NC(=O)c1ccc(C[C@H](NC(=O)OCc2ccccc2)C(=O)NC2CC2)cc1. The van der Waals surface area contributed by atoms with Crippen molar-refractivity contribution >= 4 is 40.6 Å². The largest absolute Gasteiger partial charge is 0.445 e. The van der Waals surface area contributed by atoms with Gasteiger partial charge in [-0.3, -0.25) is 9.59 Å². The van der Waals surface area contributed by atoms with Crippen molar-refractivity contribution < 1.29 is 19.1 Å². The van der Waals surface area contributed by atoms with E-state index in [9.17, 15) is 14.4 Å². The van der Waals surface area contributed by atoms with Gasteiger partial charge in [0.2, 0.25) is 5.91 Å². The minimum absolute atomic E-state index is 0.105. The van der Waals surface area contributed by atoms with Crippen LogP contribution in [0.3, 0.4) is 0 Å². The lowest BCUT2D eigenvalue weighted by molar-refractivity contribution is -0.123. The Morgan fingerprint density at radius 3 is 2.40 bits per heavy atom. The molecule has 1 atom stereocenters. The van der Waals surface area contributed by atoms with E-state index in [4.69, 9.17) is 10.5 Å². The van der Waals surface area contributed by atoms with Crippen LogP contribution in [0.1, 0.15) is 34.3 Å². The van der Waals surface area contributed by atoms with Crippen molar-refractivity contribution in [3.63, 3.8) is 0 Å². The van der Waals surface area contributed by atoms with Crippen molar-refractivity contribution in [2.45, 2.75) is 38.0 Å². The molecule has 0 radical (unpaired) electrons. The first-order valence-corrected chi connectivity index (χ1v) is 14.0. The number of alkyl carbamates (subject to hydrolysis) is 1. The molecule has 1 aliphatic carbocycles. The van der Waals surface area contributed by atoms with E-state index in [0.29, 0.717) is 16.9 Å². The van der Waals surface area contributed by atoms with E-state index < -0.39 is 12.1 Å². The third-order valence-corrected chi connectivity index (χ3v) is 7.24. The van der Waals surface area contributed by atoms with Gasteiger partial charge in [-0.15, -0.1) is 0 Å². The lowest BCUT2D eigenvalue weighted by Gasteiger charge is -2.19. The Morgan fingerprint density at radius 2 is 1.70 bits per heavy atom. The summed E-state index contributed by atoms with van der Waals surface area (Å²) in [5, 5.41) is 12.6. The van der Waals surface area contributed by atoms with Crippen molar-refractivity contribution in [1.82, 2.24) is 10.6 Å². The van der Waals surface area contributed by atoms with Crippen molar-refractivity contribution in [2.24, 2.45) is 0 Å². The number of nitrogens with one attached hydrogen (secondary N) is 3. The first-order chi connectivity index (χ1) is 19.4. The van der Waals surface area contributed by atoms with E-state index in [1.165, 1.54) is 0 Å². The van der Waals surface area contributed by atoms with E-state index in [1.54, 1.807) is 41.7 Å². The van der Waals surface area contributed by atoms with Crippen LogP contribution in [0.4, 0.5) is 16.2 Å². The van der Waals surface area contributed by atoms with Crippen molar-refractivity contribution in [1.29, 1.82) is 0 Å². The van der Waals surface area contributed by atoms with Crippen molar-refractivity contribution in [2.75, 3.05) is 11.1 Å². The van der Waals surface area contributed by atoms with Gasteiger partial charge in [0, 0.05) is 18.0 Å². The van der Waals surface area contributed by atoms with Gasteiger partial charge in [-0.1, -0.05) is 48.5 Å². The minimum atomic E-state index is -0.816. The van der Waals surface area contributed by atoms with Gasteiger partial charge in [0.15, 0.2) is 0 Å². The first-order valence-electron chi connectivity index (χ1n) is 13.0. The predicted molar refractivity (Wildman–Crippen MR) is 157 cm³/mol. The summed E-state index contributed by atoms with van der Waals surface area (Å²) in [6.07, 6.45) is 1.44. The highest BCUT2D eigenvalue weighted by Gasteiger charge is 2.29. The molecule has 8 nitrogen and oxygen atoms in total. The molecule has 1 aliphatic rings. The molecule has 1 fully saturated rings. The Hall–Kier alpha value is -4.63. The standard InChI is InChI=1S/C31H30N4O4S/c32-26-13-10-23(24-14-15-40-19-24)17-27(26)34-29(36)22-8-6-20(7-9-22)16-28(30(37)33-25-11-12-25)35-31(38)39-18-21-4-2-1-3-5-21/h1-10,13-15,17,19,25,28H,11-12,16,18,32H2,(H,33,37)(H,34,36)(H,35,38)/t28-/m0/s1. The van der Waals surface area contributed by atoms with Crippen molar-refractivity contribution in [3.05, 3.63) is 106 Å². The van der Waals surface area contributed by atoms with Gasteiger partial charge in [0.25, 0.3) is 5.91 Å². The van der Waals surface area contributed by atoms with Crippen molar-refractivity contribution in [3.8, 4) is 11.1 Å². The molecule has 1 aromatic heterocycles. The zero-order valence-corrected chi connectivity index (χ0v) is 22.6. The summed E-state index contributed by atoms with van der Waals surface area (Å²) in [5.41, 5.74) is 11.2. The summed E-state index contributed by atoms with van der Waals surface area (Å²) in [6.45, 7) is 0.105. The third-order valence-electron chi connectivity index (χ3n) is 6.56. The summed E-state index contributed by atoms with van der Waals surface area (Å²) < 4.78 is 5.32. The number of amides is 3. The maximum atomic E-state index is 13.0.